The highest BCUT2D eigenvalue weighted by atomic mass is 19.1. The molecule has 0 heterocycles. The highest BCUT2D eigenvalue weighted by Gasteiger charge is 2.19. The third kappa shape index (κ3) is 4.16. The van der Waals surface area contributed by atoms with Crippen LogP contribution in [0.3, 0.4) is 0 Å². The molecular weight excluding hydrogens is 239 g/mol. The molecule has 0 aliphatic heterocycles. The fourth-order valence-electron chi connectivity index (χ4n) is 1.16. The predicted octanol–water partition coefficient (Wildman–Crippen LogP) is 2.81. The van der Waals surface area contributed by atoms with Crippen LogP contribution in [0.25, 0.3) is 0 Å². The lowest BCUT2D eigenvalue weighted by molar-refractivity contribution is 0.0204. The van der Waals surface area contributed by atoms with Crippen molar-refractivity contribution < 1.29 is 18.7 Å². The number of halogens is 1. The maximum absolute atomic E-state index is 13.3. The minimum atomic E-state index is -1.04. The molecule has 0 saturated carbocycles. The Bertz CT molecular complexity index is 517. The fourth-order valence-corrected chi connectivity index (χ4v) is 1.16. The van der Waals surface area contributed by atoms with Gasteiger partial charge in [0.1, 0.15) is 5.60 Å². The summed E-state index contributed by atoms with van der Waals surface area (Å²) in [6.45, 7) is 6.59. The highest BCUT2D eigenvalue weighted by Crippen LogP contribution is 2.11. The van der Waals surface area contributed by atoms with Crippen molar-refractivity contribution in [2.45, 2.75) is 33.3 Å². The van der Waals surface area contributed by atoms with E-state index < -0.39 is 28.8 Å². The van der Waals surface area contributed by atoms with Crippen molar-refractivity contribution in [2.75, 3.05) is 0 Å². The smallest absolute Gasteiger partial charge is 0.428 e. The quantitative estimate of drug-likeness (QED) is 0.723. The number of ether oxygens (including phenoxy) is 2. The Kier molecular flexibility index (Phi) is 4.06. The van der Waals surface area contributed by atoms with E-state index in [1.54, 1.807) is 27.7 Å². The number of hydrogen-bond donors (Lipinski definition) is 0. The third-order valence-electron chi connectivity index (χ3n) is 1.88. The number of rotatable bonds is 1. The summed E-state index contributed by atoms with van der Waals surface area (Å²) in [6, 6.07) is 3.79. The molecule has 1 rings (SSSR count). The van der Waals surface area contributed by atoms with E-state index in [0.717, 1.165) is 6.07 Å². The van der Waals surface area contributed by atoms with Crippen molar-refractivity contribution in [1.29, 1.82) is 0 Å². The topological polar surface area (TPSA) is 52.6 Å². The molecule has 0 unspecified atom stereocenters. The van der Waals surface area contributed by atoms with E-state index in [1.165, 1.54) is 12.1 Å². The molecule has 1 aromatic rings. The lowest BCUT2D eigenvalue weighted by atomic mass is 10.2. The summed E-state index contributed by atoms with van der Waals surface area (Å²) in [6.07, 6.45) is -1.04. The Morgan fingerprint density at radius 2 is 1.89 bits per heavy atom. The second-order valence-corrected chi connectivity index (χ2v) is 4.83. The van der Waals surface area contributed by atoms with Crippen molar-refractivity contribution >= 4 is 6.16 Å². The average molecular weight is 254 g/mol. The average Bonchev–Trinajstić information content (AvgIpc) is 2.29. The van der Waals surface area contributed by atoms with Crippen LogP contribution in [0.15, 0.2) is 23.0 Å². The van der Waals surface area contributed by atoms with Gasteiger partial charge in [-0.25, -0.2) is 9.18 Å². The first-order valence-corrected chi connectivity index (χ1v) is 5.40. The minimum Gasteiger partial charge on any atom is -0.428 e. The van der Waals surface area contributed by atoms with Gasteiger partial charge in [0.2, 0.25) is 0 Å². The van der Waals surface area contributed by atoms with E-state index in [4.69, 9.17) is 9.47 Å². The zero-order valence-corrected chi connectivity index (χ0v) is 10.7. The van der Waals surface area contributed by atoms with Crippen molar-refractivity contribution in [3.8, 4) is 5.75 Å². The normalized spacial score (nSPS) is 10.9. The van der Waals surface area contributed by atoms with Crippen molar-refractivity contribution in [3.63, 3.8) is 0 Å². The first kappa shape index (κ1) is 14.2. The Morgan fingerprint density at radius 3 is 2.44 bits per heavy atom. The molecule has 98 valence electrons. The van der Waals surface area contributed by atoms with E-state index in [9.17, 15) is 14.0 Å². The Morgan fingerprint density at radius 1 is 1.28 bits per heavy atom. The van der Waals surface area contributed by atoms with E-state index in [0.29, 0.717) is 5.56 Å². The van der Waals surface area contributed by atoms with Crippen LogP contribution in [0.1, 0.15) is 26.3 Å². The van der Waals surface area contributed by atoms with Crippen LogP contribution in [0.2, 0.25) is 0 Å². The molecule has 0 N–H and O–H groups in total. The molecule has 0 amide bonds. The van der Waals surface area contributed by atoms with Crippen LogP contribution in [0, 0.1) is 12.7 Å². The monoisotopic (exact) mass is 254 g/mol. The number of carbonyl (C=O) groups is 1. The van der Waals surface area contributed by atoms with Gasteiger partial charge in [0, 0.05) is 0 Å². The van der Waals surface area contributed by atoms with E-state index in [2.05, 4.69) is 0 Å². The van der Waals surface area contributed by atoms with Crippen LogP contribution in [-0.2, 0) is 4.74 Å². The summed E-state index contributed by atoms with van der Waals surface area (Å²) in [5.74, 6) is -1.37. The molecule has 5 heteroatoms. The molecule has 1 aromatic carbocycles. The highest BCUT2D eigenvalue weighted by molar-refractivity contribution is 5.64. The van der Waals surface area contributed by atoms with E-state index in [-0.39, 0.29) is 0 Å². The summed E-state index contributed by atoms with van der Waals surface area (Å²) >= 11 is 0. The molecule has 0 fully saturated rings. The van der Waals surface area contributed by atoms with Gasteiger partial charge in [0.15, 0.2) is 11.6 Å². The molecule has 18 heavy (non-hydrogen) atoms. The standard InChI is InChI=1S/C13H15FO4/c1-8-5-6-10(11(15)9(14)7-8)17-12(16)18-13(2,3)4/h5-7H,1-4H3. The van der Waals surface area contributed by atoms with Crippen molar-refractivity contribution in [1.82, 2.24) is 0 Å². The lowest BCUT2D eigenvalue weighted by Gasteiger charge is -2.18. The van der Waals surface area contributed by atoms with Gasteiger partial charge in [-0.15, -0.1) is 0 Å². The number of carbonyl (C=O) groups excluding carboxylic acids is 1. The molecule has 0 saturated heterocycles. The lowest BCUT2D eigenvalue weighted by Crippen LogP contribution is -2.27. The maximum Gasteiger partial charge on any atom is 0.514 e. The summed E-state index contributed by atoms with van der Waals surface area (Å²) in [5.41, 5.74) is -1.18. The zero-order chi connectivity index (χ0) is 13.9. The second kappa shape index (κ2) is 5.16. The third-order valence-corrected chi connectivity index (χ3v) is 1.88. The first-order valence-electron chi connectivity index (χ1n) is 5.40. The summed E-state index contributed by atoms with van der Waals surface area (Å²) in [7, 11) is 0. The summed E-state index contributed by atoms with van der Waals surface area (Å²) in [5, 5.41) is 0. The largest absolute Gasteiger partial charge is 0.514 e. The Labute approximate surface area is 104 Å². The molecule has 0 aliphatic rings. The molecule has 0 aliphatic carbocycles. The molecule has 0 atom stereocenters. The molecule has 0 bridgehead atoms. The summed E-state index contributed by atoms with van der Waals surface area (Å²) in [4.78, 5) is 22.9. The van der Waals surface area contributed by atoms with Crippen LogP contribution in [0.5, 0.6) is 5.75 Å². The zero-order valence-electron chi connectivity index (χ0n) is 10.7. The van der Waals surface area contributed by atoms with Crippen molar-refractivity contribution in [3.05, 3.63) is 39.8 Å². The van der Waals surface area contributed by atoms with Crippen LogP contribution < -0.4 is 10.2 Å². The maximum atomic E-state index is 13.3. The molecule has 0 aromatic heterocycles. The van der Waals surface area contributed by atoms with Crippen LogP contribution in [-0.4, -0.2) is 11.8 Å². The number of aryl methyl sites for hydroxylation is 1. The summed E-state index contributed by atoms with van der Waals surface area (Å²) < 4.78 is 22.9. The molecule has 0 radical (unpaired) electrons. The van der Waals surface area contributed by atoms with E-state index in [1.807, 2.05) is 0 Å². The Hall–Kier alpha value is -1.91. The SMILES string of the molecule is Cc1ccc(OC(=O)OC(C)(C)C)c(=O)c(F)c1. The first-order chi connectivity index (χ1) is 8.19. The van der Waals surface area contributed by atoms with Gasteiger partial charge in [0.25, 0.3) is 5.43 Å². The van der Waals surface area contributed by atoms with Gasteiger partial charge < -0.3 is 9.47 Å². The number of hydrogen-bond acceptors (Lipinski definition) is 4. The molecular formula is C13H15FO4. The van der Waals surface area contributed by atoms with Crippen molar-refractivity contribution in [2.24, 2.45) is 0 Å². The predicted molar refractivity (Wildman–Crippen MR) is 64.3 cm³/mol. The second-order valence-electron chi connectivity index (χ2n) is 4.83. The van der Waals surface area contributed by atoms with Gasteiger partial charge in [-0.1, -0.05) is 6.07 Å². The molecule has 4 nitrogen and oxygen atoms in total. The Balaban J connectivity index is 3.00. The molecule has 0 spiro atoms. The minimum absolute atomic E-state index is 0.394. The van der Waals surface area contributed by atoms with Gasteiger partial charge in [-0.3, -0.25) is 4.79 Å². The van der Waals surface area contributed by atoms with Gasteiger partial charge in [0.05, 0.1) is 0 Å². The van der Waals surface area contributed by atoms with Gasteiger partial charge in [-0.2, -0.15) is 0 Å². The van der Waals surface area contributed by atoms with Gasteiger partial charge >= 0.3 is 6.16 Å². The van der Waals surface area contributed by atoms with Crippen LogP contribution >= 0.6 is 0 Å². The fraction of sp³-hybridized carbons (Fsp3) is 0.385. The van der Waals surface area contributed by atoms with E-state index >= 15 is 0 Å². The van der Waals surface area contributed by atoms with Gasteiger partial charge in [-0.05, 0) is 45.4 Å². The van der Waals surface area contributed by atoms with Crippen LogP contribution in [0.4, 0.5) is 9.18 Å².